The van der Waals surface area contributed by atoms with Crippen molar-refractivity contribution in [1.29, 1.82) is 0 Å². The standard InChI is InChI=1S/C22H25N5O3/c1-14(2)26-15(3)11-19(16(26)4)21(28)13-30-22(29)20(27-17(5)23-24-25-27)12-18-9-7-6-8-10-18/h6-12,14H,13H2,1-5H3/b20-12-. The van der Waals surface area contributed by atoms with Crippen LogP contribution >= 0.6 is 0 Å². The number of Topliss-reactive ketones (excluding diaryl/α,β-unsaturated/α-hetero) is 1. The summed E-state index contributed by atoms with van der Waals surface area (Å²) in [6.45, 7) is 9.28. The lowest BCUT2D eigenvalue weighted by Crippen LogP contribution is -2.19. The number of benzene rings is 1. The number of rotatable bonds is 7. The predicted molar refractivity (Wildman–Crippen MR) is 113 cm³/mol. The minimum Gasteiger partial charge on any atom is -0.453 e. The normalized spacial score (nSPS) is 11.7. The molecule has 8 heteroatoms. The van der Waals surface area contributed by atoms with Crippen molar-refractivity contribution in [2.24, 2.45) is 0 Å². The van der Waals surface area contributed by atoms with Crippen molar-refractivity contribution in [1.82, 2.24) is 24.8 Å². The molecule has 0 aliphatic carbocycles. The summed E-state index contributed by atoms with van der Waals surface area (Å²) in [6, 6.07) is 11.3. The van der Waals surface area contributed by atoms with Crippen LogP contribution in [0.4, 0.5) is 0 Å². The average Bonchev–Trinajstić information content (AvgIpc) is 3.27. The summed E-state index contributed by atoms with van der Waals surface area (Å²) in [5.74, 6) is -0.503. The van der Waals surface area contributed by atoms with E-state index in [9.17, 15) is 9.59 Å². The van der Waals surface area contributed by atoms with Gasteiger partial charge in [-0.3, -0.25) is 4.79 Å². The van der Waals surface area contributed by atoms with Gasteiger partial charge in [-0.15, -0.1) is 5.10 Å². The highest BCUT2D eigenvalue weighted by atomic mass is 16.5. The molecular weight excluding hydrogens is 382 g/mol. The van der Waals surface area contributed by atoms with E-state index in [0.29, 0.717) is 11.4 Å². The van der Waals surface area contributed by atoms with Gasteiger partial charge < -0.3 is 9.30 Å². The molecule has 0 N–H and O–H groups in total. The molecule has 0 aliphatic rings. The Bertz CT molecular complexity index is 1090. The number of aromatic nitrogens is 5. The fraction of sp³-hybridized carbons (Fsp3) is 0.318. The first-order valence-corrected chi connectivity index (χ1v) is 9.70. The molecule has 0 unspecified atom stereocenters. The van der Waals surface area contributed by atoms with Crippen molar-refractivity contribution in [2.75, 3.05) is 6.61 Å². The Morgan fingerprint density at radius 1 is 1.13 bits per heavy atom. The summed E-state index contributed by atoms with van der Waals surface area (Å²) in [5.41, 5.74) is 3.32. The van der Waals surface area contributed by atoms with E-state index in [1.165, 1.54) is 4.68 Å². The molecule has 30 heavy (non-hydrogen) atoms. The molecule has 0 amide bonds. The number of carbonyl (C=O) groups excluding carboxylic acids is 2. The second kappa shape index (κ2) is 8.86. The van der Waals surface area contributed by atoms with E-state index in [-0.39, 0.29) is 24.1 Å². The topological polar surface area (TPSA) is 91.9 Å². The lowest BCUT2D eigenvalue weighted by Gasteiger charge is -2.13. The molecule has 0 saturated heterocycles. The van der Waals surface area contributed by atoms with Crippen LogP contribution in [-0.4, -0.2) is 43.1 Å². The van der Waals surface area contributed by atoms with Crippen molar-refractivity contribution >= 4 is 23.5 Å². The van der Waals surface area contributed by atoms with Gasteiger partial charge in [0.25, 0.3) is 0 Å². The summed E-state index contributed by atoms with van der Waals surface area (Å²) < 4.78 is 8.73. The summed E-state index contributed by atoms with van der Waals surface area (Å²) >= 11 is 0. The number of esters is 1. The van der Waals surface area contributed by atoms with Gasteiger partial charge in [0.1, 0.15) is 0 Å². The van der Waals surface area contributed by atoms with Gasteiger partial charge in [-0.05, 0) is 62.8 Å². The molecule has 8 nitrogen and oxygen atoms in total. The van der Waals surface area contributed by atoms with Gasteiger partial charge in [0.2, 0.25) is 5.78 Å². The number of hydrogen-bond donors (Lipinski definition) is 0. The molecule has 3 aromatic rings. The maximum atomic E-state index is 12.8. The molecule has 3 rings (SSSR count). The van der Waals surface area contributed by atoms with E-state index in [2.05, 4.69) is 33.9 Å². The number of ether oxygens (including phenoxy) is 1. The summed E-state index contributed by atoms with van der Waals surface area (Å²) in [5, 5.41) is 11.3. The minimum atomic E-state index is -0.680. The molecular formula is C22H25N5O3. The van der Waals surface area contributed by atoms with Crippen molar-refractivity contribution in [3.8, 4) is 0 Å². The number of ketones is 1. The van der Waals surface area contributed by atoms with E-state index in [1.807, 2.05) is 50.2 Å². The van der Waals surface area contributed by atoms with Crippen LogP contribution in [0.25, 0.3) is 11.8 Å². The first-order chi connectivity index (χ1) is 14.3. The molecule has 0 fully saturated rings. The van der Waals surface area contributed by atoms with Crippen LogP contribution in [0, 0.1) is 20.8 Å². The largest absolute Gasteiger partial charge is 0.453 e. The molecule has 0 atom stereocenters. The highest BCUT2D eigenvalue weighted by molar-refractivity contribution is 6.16. The quantitative estimate of drug-likeness (QED) is 0.339. The monoisotopic (exact) mass is 407 g/mol. The van der Waals surface area contributed by atoms with E-state index in [1.54, 1.807) is 13.0 Å². The first kappa shape index (κ1) is 21.2. The zero-order chi connectivity index (χ0) is 21.8. The molecule has 1 aromatic carbocycles. The molecule has 2 heterocycles. The molecule has 156 valence electrons. The Morgan fingerprint density at radius 2 is 1.83 bits per heavy atom. The predicted octanol–water partition coefficient (Wildman–Crippen LogP) is 3.40. The number of aryl methyl sites for hydroxylation is 2. The molecule has 0 spiro atoms. The number of hydrogen-bond acceptors (Lipinski definition) is 6. The Labute approximate surface area is 175 Å². The van der Waals surface area contributed by atoms with Crippen LogP contribution in [0.15, 0.2) is 36.4 Å². The van der Waals surface area contributed by atoms with E-state index in [4.69, 9.17) is 4.74 Å². The zero-order valence-corrected chi connectivity index (χ0v) is 17.8. The van der Waals surface area contributed by atoms with Crippen LogP contribution in [0.5, 0.6) is 0 Å². The summed E-state index contributed by atoms with van der Waals surface area (Å²) in [6.07, 6.45) is 1.63. The highest BCUT2D eigenvalue weighted by Crippen LogP contribution is 2.21. The number of nitrogens with zero attached hydrogens (tertiary/aromatic N) is 5. The zero-order valence-electron chi connectivity index (χ0n) is 17.8. The van der Waals surface area contributed by atoms with Gasteiger partial charge in [-0.25, -0.2) is 4.79 Å². The summed E-state index contributed by atoms with van der Waals surface area (Å²) in [4.78, 5) is 25.6. The van der Waals surface area contributed by atoms with Gasteiger partial charge in [-0.1, -0.05) is 30.3 Å². The van der Waals surface area contributed by atoms with E-state index < -0.39 is 5.97 Å². The van der Waals surface area contributed by atoms with Gasteiger partial charge in [0, 0.05) is 23.0 Å². The lowest BCUT2D eigenvalue weighted by atomic mass is 10.1. The van der Waals surface area contributed by atoms with Crippen molar-refractivity contribution in [3.63, 3.8) is 0 Å². The smallest absolute Gasteiger partial charge is 0.357 e. The van der Waals surface area contributed by atoms with Crippen LogP contribution < -0.4 is 0 Å². The molecule has 0 aliphatic heterocycles. The Kier molecular flexibility index (Phi) is 6.25. The maximum Gasteiger partial charge on any atom is 0.357 e. The third-order valence-electron chi connectivity index (χ3n) is 4.80. The van der Waals surface area contributed by atoms with Gasteiger partial charge in [-0.2, -0.15) is 4.68 Å². The lowest BCUT2D eigenvalue weighted by molar-refractivity contribution is -0.136. The second-order valence-corrected chi connectivity index (χ2v) is 7.33. The highest BCUT2D eigenvalue weighted by Gasteiger charge is 2.22. The van der Waals surface area contributed by atoms with Crippen molar-refractivity contribution < 1.29 is 14.3 Å². The van der Waals surface area contributed by atoms with Crippen LogP contribution in [0.2, 0.25) is 0 Å². The first-order valence-electron chi connectivity index (χ1n) is 9.70. The van der Waals surface area contributed by atoms with Crippen molar-refractivity contribution in [2.45, 2.75) is 40.7 Å². The molecule has 0 saturated carbocycles. The molecule has 2 aromatic heterocycles. The maximum absolute atomic E-state index is 12.8. The van der Waals surface area contributed by atoms with Gasteiger partial charge >= 0.3 is 5.97 Å². The van der Waals surface area contributed by atoms with Crippen LogP contribution in [0.1, 0.15) is 53.0 Å². The third kappa shape index (κ3) is 4.37. The SMILES string of the molecule is Cc1nnnn1/C(=C\c1ccccc1)C(=O)OCC(=O)c1cc(C)n(C(C)C)c1C. The van der Waals surface area contributed by atoms with Crippen LogP contribution in [0.3, 0.4) is 0 Å². The van der Waals surface area contributed by atoms with Gasteiger partial charge in [0.15, 0.2) is 18.1 Å². The second-order valence-electron chi connectivity index (χ2n) is 7.33. The molecule has 0 radical (unpaired) electrons. The van der Waals surface area contributed by atoms with Gasteiger partial charge in [0.05, 0.1) is 0 Å². The minimum absolute atomic E-state index is 0.129. The van der Waals surface area contributed by atoms with Crippen LogP contribution in [-0.2, 0) is 9.53 Å². The van der Waals surface area contributed by atoms with Crippen molar-refractivity contribution in [3.05, 3.63) is 64.7 Å². The Morgan fingerprint density at radius 3 is 2.40 bits per heavy atom. The number of carbonyl (C=O) groups is 2. The van der Waals surface area contributed by atoms with E-state index >= 15 is 0 Å². The average molecular weight is 407 g/mol. The Balaban J connectivity index is 1.82. The molecule has 0 bridgehead atoms. The number of tetrazole rings is 1. The third-order valence-corrected chi connectivity index (χ3v) is 4.80. The Hall–Kier alpha value is -3.55. The fourth-order valence-electron chi connectivity index (χ4n) is 3.50. The van der Waals surface area contributed by atoms with E-state index in [0.717, 1.165) is 17.0 Å². The summed E-state index contributed by atoms with van der Waals surface area (Å²) in [7, 11) is 0. The fourth-order valence-corrected chi connectivity index (χ4v) is 3.50.